The van der Waals surface area contributed by atoms with Gasteiger partial charge in [0.1, 0.15) is 11.1 Å². The summed E-state index contributed by atoms with van der Waals surface area (Å²) in [7, 11) is 0. The van der Waals surface area contributed by atoms with Crippen LogP contribution in [0, 0.1) is 0 Å². The fraction of sp³-hybridized carbons (Fsp3) is 0.292. The van der Waals surface area contributed by atoms with E-state index in [4.69, 9.17) is 14.4 Å². The summed E-state index contributed by atoms with van der Waals surface area (Å²) in [5.41, 5.74) is 4.32. The summed E-state index contributed by atoms with van der Waals surface area (Å²) < 4.78 is 6.16. The molecule has 2 aliphatic heterocycles. The van der Waals surface area contributed by atoms with Gasteiger partial charge >= 0.3 is 0 Å². The molecule has 1 saturated heterocycles. The number of furan rings is 1. The van der Waals surface area contributed by atoms with E-state index in [-0.39, 0.29) is 11.7 Å². The highest BCUT2D eigenvalue weighted by atomic mass is 16.3. The first kappa shape index (κ1) is 17.4. The molecule has 4 aromatic rings. The van der Waals surface area contributed by atoms with E-state index in [1.807, 2.05) is 42.5 Å². The second-order valence-corrected chi connectivity index (χ2v) is 8.03. The summed E-state index contributed by atoms with van der Waals surface area (Å²) in [5.74, 6) is 0.837. The first-order valence-electron chi connectivity index (χ1n) is 10.6. The number of amides is 1. The second-order valence-electron chi connectivity index (χ2n) is 8.03. The Kier molecular flexibility index (Phi) is 3.97. The Balaban J connectivity index is 1.52. The van der Waals surface area contributed by atoms with Gasteiger partial charge in [-0.15, -0.1) is 0 Å². The summed E-state index contributed by atoms with van der Waals surface area (Å²) in [6, 6.07) is 15.9. The fourth-order valence-electron chi connectivity index (χ4n) is 4.66. The summed E-state index contributed by atoms with van der Waals surface area (Å²) in [6.45, 7) is 2.50. The van der Waals surface area contributed by atoms with E-state index in [9.17, 15) is 4.79 Å². The van der Waals surface area contributed by atoms with Gasteiger partial charge in [-0.05, 0) is 49.4 Å². The quantitative estimate of drug-likeness (QED) is 0.495. The summed E-state index contributed by atoms with van der Waals surface area (Å²) in [4.78, 5) is 27.0. The molecule has 0 radical (unpaired) electrons. The van der Waals surface area contributed by atoms with Gasteiger partial charge in [0, 0.05) is 30.7 Å². The third kappa shape index (κ3) is 2.67. The van der Waals surface area contributed by atoms with Gasteiger partial charge in [0.15, 0.2) is 11.4 Å². The molecule has 0 aliphatic carbocycles. The molecule has 0 bridgehead atoms. The van der Waals surface area contributed by atoms with E-state index >= 15 is 0 Å². The Morgan fingerprint density at radius 3 is 2.60 bits per heavy atom. The van der Waals surface area contributed by atoms with Gasteiger partial charge in [-0.2, -0.15) is 0 Å². The zero-order chi connectivity index (χ0) is 20.1. The number of rotatable bonds is 2. The Hall–Kier alpha value is -3.41. The number of carbonyl (C=O) groups is 1. The molecule has 2 aliphatic rings. The van der Waals surface area contributed by atoms with Crippen molar-refractivity contribution in [2.24, 2.45) is 0 Å². The van der Waals surface area contributed by atoms with Crippen LogP contribution in [-0.4, -0.2) is 35.5 Å². The minimum Gasteiger partial charge on any atom is -0.450 e. The number of anilines is 2. The average Bonchev–Trinajstić information content (AvgIpc) is 3.40. The lowest BCUT2D eigenvalue weighted by Crippen LogP contribution is -2.33. The average molecular weight is 398 g/mol. The van der Waals surface area contributed by atoms with Crippen molar-refractivity contribution in [2.45, 2.75) is 25.7 Å². The monoisotopic (exact) mass is 398 g/mol. The standard InChI is InChI=1S/C24H22N4O2/c29-24(28-15-12-16-8-2-4-10-18(16)28)22-25-20-17-9-3-5-11-19(17)30-21(20)23(26-22)27-13-6-1-7-14-27/h2-5,8-11H,1,6-7,12-15H2. The Labute approximate surface area is 174 Å². The smallest absolute Gasteiger partial charge is 0.296 e. The van der Waals surface area contributed by atoms with Gasteiger partial charge in [0.05, 0.1) is 0 Å². The lowest BCUT2D eigenvalue weighted by molar-refractivity contribution is 0.0980. The van der Waals surface area contributed by atoms with E-state index in [1.54, 1.807) is 4.90 Å². The molecule has 2 aromatic carbocycles. The van der Waals surface area contributed by atoms with E-state index in [0.717, 1.165) is 60.3 Å². The third-order valence-corrected chi connectivity index (χ3v) is 6.18. The highest BCUT2D eigenvalue weighted by Gasteiger charge is 2.30. The molecule has 0 atom stereocenters. The van der Waals surface area contributed by atoms with E-state index in [1.165, 1.54) is 12.0 Å². The summed E-state index contributed by atoms with van der Waals surface area (Å²) >= 11 is 0. The van der Waals surface area contributed by atoms with Crippen molar-refractivity contribution in [3.63, 3.8) is 0 Å². The molecule has 1 fully saturated rings. The van der Waals surface area contributed by atoms with Crippen LogP contribution in [0.5, 0.6) is 0 Å². The number of fused-ring (bicyclic) bond motifs is 4. The molecule has 6 rings (SSSR count). The molecule has 6 nitrogen and oxygen atoms in total. The first-order chi connectivity index (χ1) is 14.8. The molecular formula is C24H22N4O2. The predicted molar refractivity (Wildman–Crippen MR) is 117 cm³/mol. The Morgan fingerprint density at radius 1 is 0.900 bits per heavy atom. The van der Waals surface area contributed by atoms with Crippen LogP contribution in [0.4, 0.5) is 11.5 Å². The van der Waals surface area contributed by atoms with Crippen molar-refractivity contribution in [3.8, 4) is 0 Å². The lowest BCUT2D eigenvalue weighted by atomic mass is 10.1. The van der Waals surface area contributed by atoms with Crippen LogP contribution in [0.1, 0.15) is 35.4 Å². The number of nitrogens with zero attached hydrogens (tertiary/aromatic N) is 4. The van der Waals surface area contributed by atoms with Crippen molar-refractivity contribution in [2.75, 3.05) is 29.4 Å². The topological polar surface area (TPSA) is 62.5 Å². The molecule has 150 valence electrons. The zero-order valence-corrected chi connectivity index (χ0v) is 16.7. The third-order valence-electron chi connectivity index (χ3n) is 6.18. The van der Waals surface area contributed by atoms with E-state index in [0.29, 0.717) is 12.1 Å². The van der Waals surface area contributed by atoms with Crippen LogP contribution in [-0.2, 0) is 6.42 Å². The first-order valence-corrected chi connectivity index (χ1v) is 10.6. The normalized spacial score (nSPS) is 16.4. The molecule has 0 unspecified atom stereocenters. The maximum Gasteiger partial charge on any atom is 0.296 e. The van der Waals surface area contributed by atoms with Crippen LogP contribution in [0.15, 0.2) is 52.9 Å². The largest absolute Gasteiger partial charge is 0.450 e. The van der Waals surface area contributed by atoms with Gasteiger partial charge in [-0.3, -0.25) is 4.79 Å². The molecule has 0 spiro atoms. The van der Waals surface area contributed by atoms with Crippen molar-refractivity contribution in [3.05, 3.63) is 59.9 Å². The van der Waals surface area contributed by atoms with Crippen molar-refractivity contribution in [1.29, 1.82) is 0 Å². The molecule has 4 heterocycles. The number of hydrogen-bond acceptors (Lipinski definition) is 5. The van der Waals surface area contributed by atoms with Crippen LogP contribution < -0.4 is 9.80 Å². The van der Waals surface area contributed by atoms with Gasteiger partial charge in [0.25, 0.3) is 5.91 Å². The Morgan fingerprint density at radius 2 is 1.70 bits per heavy atom. The summed E-state index contributed by atoms with van der Waals surface area (Å²) in [5, 5.41) is 0.920. The van der Waals surface area contributed by atoms with Gasteiger partial charge in [-0.25, -0.2) is 9.97 Å². The lowest BCUT2D eigenvalue weighted by Gasteiger charge is -2.28. The molecule has 6 heteroatoms. The zero-order valence-electron chi connectivity index (χ0n) is 16.7. The SMILES string of the molecule is O=C(c1nc(N2CCCCC2)c2oc3ccccc3c2n1)N1CCc2ccccc21. The summed E-state index contributed by atoms with van der Waals surface area (Å²) in [6.07, 6.45) is 4.32. The van der Waals surface area contributed by atoms with Crippen LogP contribution in [0.25, 0.3) is 22.1 Å². The highest BCUT2D eigenvalue weighted by molar-refractivity contribution is 6.10. The number of piperidine rings is 1. The molecule has 2 aromatic heterocycles. The van der Waals surface area contributed by atoms with Crippen molar-refractivity contribution < 1.29 is 9.21 Å². The maximum absolute atomic E-state index is 13.5. The number of para-hydroxylation sites is 2. The second kappa shape index (κ2) is 6.83. The maximum atomic E-state index is 13.5. The van der Waals surface area contributed by atoms with Crippen molar-refractivity contribution >= 4 is 39.5 Å². The van der Waals surface area contributed by atoms with Crippen LogP contribution in [0.2, 0.25) is 0 Å². The van der Waals surface area contributed by atoms with Gasteiger partial charge in [0.2, 0.25) is 5.82 Å². The molecule has 30 heavy (non-hydrogen) atoms. The molecule has 0 N–H and O–H groups in total. The van der Waals surface area contributed by atoms with Crippen LogP contribution >= 0.6 is 0 Å². The van der Waals surface area contributed by atoms with E-state index < -0.39 is 0 Å². The predicted octanol–water partition coefficient (Wildman–Crippen LogP) is 4.57. The highest BCUT2D eigenvalue weighted by Crippen LogP contribution is 2.35. The van der Waals surface area contributed by atoms with Crippen LogP contribution in [0.3, 0.4) is 0 Å². The number of hydrogen-bond donors (Lipinski definition) is 0. The molecule has 0 saturated carbocycles. The molecular weight excluding hydrogens is 376 g/mol. The number of aromatic nitrogens is 2. The van der Waals surface area contributed by atoms with E-state index in [2.05, 4.69) is 11.0 Å². The van der Waals surface area contributed by atoms with Gasteiger partial charge in [-0.1, -0.05) is 30.3 Å². The van der Waals surface area contributed by atoms with Crippen molar-refractivity contribution in [1.82, 2.24) is 9.97 Å². The number of carbonyl (C=O) groups excluding carboxylic acids is 1. The minimum absolute atomic E-state index is 0.148. The van der Waals surface area contributed by atoms with Gasteiger partial charge < -0.3 is 14.2 Å². The number of benzene rings is 2. The molecule has 1 amide bonds. The minimum atomic E-state index is -0.148. The fourth-order valence-corrected chi connectivity index (χ4v) is 4.66. The Bertz CT molecular complexity index is 1270.